The van der Waals surface area contributed by atoms with Crippen LogP contribution >= 0.6 is 11.6 Å². The first kappa shape index (κ1) is 12.5. The van der Waals surface area contributed by atoms with Gasteiger partial charge in [-0.25, -0.2) is 4.39 Å². The van der Waals surface area contributed by atoms with Gasteiger partial charge in [-0.15, -0.1) is 0 Å². The second kappa shape index (κ2) is 5.10. The van der Waals surface area contributed by atoms with Crippen molar-refractivity contribution in [3.05, 3.63) is 65.4 Å². The Hall–Kier alpha value is -2.00. The van der Waals surface area contributed by atoms with Crippen LogP contribution in [0.15, 0.2) is 49.0 Å². The Labute approximate surface area is 110 Å². The van der Waals surface area contributed by atoms with Crippen LogP contribution in [0.1, 0.15) is 5.56 Å². The summed E-state index contributed by atoms with van der Waals surface area (Å²) < 4.78 is 13.0. The number of nitrogens with two attached hydrogens (primary N) is 1. The van der Waals surface area contributed by atoms with Gasteiger partial charge in [0.05, 0.1) is 5.02 Å². The smallest absolute Gasteiger partial charge is 0.125 e. The molecule has 2 nitrogen and oxygen atoms in total. The Kier molecular flexibility index (Phi) is 3.53. The molecule has 0 saturated carbocycles. The van der Waals surface area contributed by atoms with Gasteiger partial charge in [0, 0.05) is 22.6 Å². The summed E-state index contributed by atoms with van der Waals surface area (Å²) in [6.45, 7) is 3.88. The van der Waals surface area contributed by atoms with E-state index in [0.717, 1.165) is 0 Å². The highest BCUT2D eigenvalue weighted by Gasteiger charge is 2.06. The number of hydrogen-bond donors (Lipinski definition) is 2. The first-order valence-corrected chi connectivity index (χ1v) is 5.71. The third kappa shape index (κ3) is 2.81. The maximum Gasteiger partial charge on any atom is 0.125 e. The molecule has 0 aromatic heterocycles. The molecular weight excluding hydrogens is 251 g/mol. The predicted octanol–water partition coefficient (Wildman–Crippen LogP) is 4.14. The van der Waals surface area contributed by atoms with Crippen molar-refractivity contribution >= 4 is 28.7 Å². The Morgan fingerprint density at radius 3 is 2.72 bits per heavy atom. The van der Waals surface area contributed by atoms with Gasteiger partial charge in [-0.1, -0.05) is 24.2 Å². The molecule has 0 unspecified atom stereocenters. The number of halogens is 2. The molecule has 92 valence electrons. The average molecular weight is 263 g/mol. The van der Waals surface area contributed by atoms with Crippen LogP contribution in [-0.4, -0.2) is 0 Å². The standard InChI is InChI=1S/C14H12ClFN2/c1-9(13-8-11(17)5-6-14(13)15)18-12-4-2-3-10(16)7-12/h2-8,18H,1,17H2. The summed E-state index contributed by atoms with van der Waals surface area (Å²) in [6, 6.07) is 11.2. The van der Waals surface area contributed by atoms with Crippen LogP contribution in [0.2, 0.25) is 5.02 Å². The first-order valence-electron chi connectivity index (χ1n) is 5.33. The molecule has 2 aromatic rings. The Bertz CT molecular complexity index is 596. The molecule has 18 heavy (non-hydrogen) atoms. The summed E-state index contributed by atoms with van der Waals surface area (Å²) in [5.74, 6) is -0.313. The van der Waals surface area contributed by atoms with E-state index in [1.165, 1.54) is 12.1 Å². The van der Waals surface area contributed by atoms with E-state index in [9.17, 15) is 4.39 Å². The van der Waals surface area contributed by atoms with Gasteiger partial charge in [0.25, 0.3) is 0 Å². The van der Waals surface area contributed by atoms with Gasteiger partial charge in [-0.2, -0.15) is 0 Å². The molecule has 0 atom stereocenters. The molecule has 0 amide bonds. The normalized spacial score (nSPS) is 10.1. The Balaban J connectivity index is 2.24. The molecule has 0 spiro atoms. The number of rotatable bonds is 3. The molecule has 0 saturated heterocycles. The molecule has 3 N–H and O–H groups in total. The lowest BCUT2D eigenvalue weighted by Crippen LogP contribution is -1.99. The van der Waals surface area contributed by atoms with Crippen molar-refractivity contribution < 1.29 is 4.39 Å². The van der Waals surface area contributed by atoms with Crippen molar-refractivity contribution in [2.45, 2.75) is 0 Å². The fourth-order valence-corrected chi connectivity index (χ4v) is 1.81. The van der Waals surface area contributed by atoms with Crippen molar-refractivity contribution in [1.29, 1.82) is 0 Å². The van der Waals surface area contributed by atoms with Crippen LogP contribution in [0.25, 0.3) is 5.70 Å². The minimum atomic E-state index is -0.313. The third-order valence-corrected chi connectivity index (χ3v) is 2.76. The van der Waals surface area contributed by atoms with Crippen molar-refractivity contribution in [2.24, 2.45) is 0 Å². The van der Waals surface area contributed by atoms with Crippen LogP contribution < -0.4 is 11.1 Å². The van der Waals surface area contributed by atoms with E-state index in [2.05, 4.69) is 11.9 Å². The van der Waals surface area contributed by atoms with Gasteiger partial charge in [-0.05, 0) is 36.4 Å². The van der Waals surface area contributed by atoms with Gasteiger partial charge in [0.1, 0.15) is 5.82 Å². The molecule has 4 heteroatoms. The SMILES string of the molecule is C=C(Nc1cccc(F)c1)c1cc(N)ccc1Cl. The third-order valence-electron chi connectivity index (χ3n) is 2.44. The lowest BCUT2D eigenvalue weighted by molar-refractivity contribution is 0.628. The number of nitrogens with one attached hydrogen (secondary N) is 1. The highest BCUT2D eigenvalue weighted by atomic mass is 35.5. The van der Waals surface area contributed by atoms with Crippen LogP contribution in [0.5, 0.6) is 0 Å². The van der Waals surface area contributed by atoms with Crippen LogP contribution in [0.3, 0.4) is 0 Å². The molecule has 2 aromatic carbocycles. The Morgan fingerprint density at radius 2 is 2.00 bits per heavy atom. The number of nitrogen functional groups attached to an aromatic ring is 1. The van der Waals surface area contributed by atoms with E-state index in [0.29, 0.717) is 27.7 Å². The van der Waals surface area contributed by atoms with Crippen LogP contribution in [-0.2, 0) is 0 Å². The monoisotopic (exact) mass is 262 g/mol. The summed E-state index contributed by atoms with van der Waals surface area (Å²) in [6.07, 6.45) is 0. The largest absolute Gasteiger partial charge is 0.399 e. The van der Waals surface area contributed by atoms with E-state index < -0.39 is 0 Å². The molecule has 0 heterocycles. The molecule has 2 rings (SSSR count). The number of anilines is 2. The molecule has 0 bridgehead atoms. The van der Waals surface area contributed by atoms with Crippen LogP contribution in [0.4, 0.5) is 15.8 Å². The fraction of sp³-hybridized carbons (Fsp3) is 0. The lowest BCUT2D eigenvalue weighted by Gasteiger charge is -2.12. The van der Waals surface area contributed by atoms with Crippen molar-refractivity contribution in [2.75, 3.05) is 11.1 Å². The van der Waals surface area contributed by atoms with Crippen LogP contribution in [0, 0.1) is 5.82 Å². The lowest BCUT2D eigenvalue weighted by atomic mass is 10.1. The van der Waals surface area contributed by atoms with E-state index in [1.54, 1.807) is 30.3 Å². The molecule has 0 aliphatic heterocycles. The molecule has 0 radical (unpaired) electrons. The van der Waals surface area contributed by atoms with Gasteiger partial charge in [-0.3, -0.25) is 0 Å². The fourth-order valence-electron chi connectivity index (χ4n) is 1.58. The van der Waals surface area contributed by atoms with E-state index in [1.807, 2.05) is 0 Å². The predicted molar refractivity (Wildman–Crippen MR) is 74.9 cm³/mol. The summed E-state index contributed by atoms with van der Waals surface area (Å²) in [7, 11) is 0. The highest BCUT2D eigenvalue weighted by molar-refractivity contribution is 6.32. The highest BCUT2D eigenvalue weighted by Crippen LogP contribution is 2.26. The van der Waals surface area contributed by atoms with Gasteiger partial charge >= 0.3 is 0 Å². The van der Waals surface area contributed by atoms with Gasteiger partial charge in [0.2, 0.25) is 0 Å². The van der Waals surface area contributed by atoms with E-state index in [-0.39, 0.29) is 5.82 Å². The zero-order valence-corrected chi connectivity index (χ0v) is 10.3. The summed E-state index contributed by atoms with van der Waals surface area (Å²) in [4.78, 5) is 0. The average Bonchev–Trinajstić information content (AvgIpc) is 2.32. The van der Waals surface area contributed by atoms with Crippen molar-refractivity contribution in [3.8, 4) is 0 Å². The maximum atomic E-state index is 13.0. The quantitative estimate of drug-likeness (QED) is 0.816. The van der Waals surface area contributed by atoms with Crippen molar-refractivity contribution in [1.82, 2.24) is 0 Å². The zero-order chi connectivity index (χ0) is 13.1. The Morgan fingerprint density at radius 1 is 1.22 bits per heavy atom. The summed E-state index contributed by atoms with van der Waals surface area (Å²) in [5.41, 5.74) is 8.16. The molecule has 0 aliphatic carbocycles. The van der Waals surface area contributed by atoms with E-state index in [4.69, 9.17) is 17.3 Å². The first-order chi connectivity index (χ1) is 8.56. The maximum absolute atomic E-state index is 13.0. The van der Waals surface area contributed by atoms with Gasteiger partial charge in [0.15, 0.2) is 0 Å². The van der Waals surface area contributed by atoms with Gasteiger partial charge < -0.3 is 11.1 Å². The van der Waals surface area contributed by atoms with E-state index >= 15 is 0 Å². The number of hydrogen-bond acceptors (Lipinski definition) is 2. The topological polar surface area (TPSA) is 38.0 Å². The molecular formula is C14H12ClFN2. The molecule has 0 fully saturated rings. The summed E-state index contributed by atoms with van der Waals surface area (Å²) in [5, 5.41) is 3.53. The second-order valence-electron chi connectivity index (χ2n) is 3.85. The minimum absolute atomic E-state index is 0.313. The van der Waals surface area contributed by atoms with Crippen molar-refractivity contribution in [3.63, 3.8) is 0 Å². The second-order valence-corrected chi connectivity index (χ2v) is 4.26. The zero-order valence-electron chi connectivity index (χ0n) is 9.58. The minimum Gasteiger partial charge on any atom is -0.399 e. The summed E-state index contributed by atoms with van der Waals surface area (Å²) >= 11 is 6.06. The molecule has 0 aliphatic rings. The number of benzene rings is 2.